The van der Waals surface area contributed by atoms with Crippen LogP contribution in [0.4, 0.5) is 10.1 Å². The zero-order valence-corrected chi connectivity index (χ0v) is 12.0. The summed E-state index contributed by atoms with van der Waals surface area (Å²) in [5.74, 6) is -0.807. The molecule has 6 heteroatoms. The van der Waals surface area contributed by atoms with Gasteiger partial charge in [0.05, 0.1) is 23.3 Å². The van der Waals surface area contributed by atoms with Crippen LogP contribution in [0.5, 0.6) is 0 Å². The number of carbonyl (C=O) groups is 1. The van der Waals surface area contributed by atoms with Gasteiger partial charge in [-0.25, -0.2) is 9.37 Å². The van der Waals surface area contributed by atoms with Crippen LogP contribution in [0.3, 0.4) is 0 Å². The largest absolute Gasteiger partial charge is 0.509 e. The van der Waals surface area contributed by atoms with Crippen molar-refractivity contribution in [1.82, 2.24) is 9.55 Å². The van der Waals surface area contributed by atoms with Crippen LogP contribution in [0, 0.1) is 5.82 Å². The van der Waals surface area contributed by atoms with E-state index in [0.717, 1.165) is 11.0 Å². The molecule has 0 unspecified atom stereocenters. The third-order valence-corrected chi connectivity index (χ3v) is 3.82. The number of aromatic nitrogens is 2. The Morgan fingerprint density at radius 3 is 2.74 bits per heavy atom. The Bertz CT molecular complexity index is 975. The maximum atomic E-state index is 13.7. The number of allylic oxidation sites excluding steroid dienone is 1. The molecule has 1 amide bonds. The maximum Gasteiger partial charge on any atom is 0.263 e. The molecule has 2 aromatic carbocycles. The van der Waals surface area contributed by atoms with Crippen molar-refractivity contribution in [3.05, 3.63) is 65.9 Å². The summed E-state index contributed by atoms with van der Waals surface area (Å²) in [5, 5.41) is 12.6. The summed E-state index contributed by atoms with van der Waals surface area (Å²) in [5.41, 5.74) is 1.71. The second-order valence-electron chi connectivity index (χ2n) is 5.27. The molecule has 0 radical (unpaired) electrons. The van der Waals surface area contributed by atoms with Gasteiger partial charge in [0.25, 0.3) is 5.91 Å². The highest BCUT2D eigenvalue weighted by molar-refractivity contribution is 6.26. The van der Waals surface area contributed by atoms with E-state index in [9.17, 15) is 14.3 Å². The van der Waals surface area contributed by atoms with E-state index in [2.05, 4.69) is 10.3 Å². The number of nitrogens with zero attached hydrogens (tertiary/aromatic N) is 2. The lowest BCUT2D eigenvalue weighted by Crippen LogP contribution is -2.15. The molecule has 3 aromatic rings. The van der Waals surface area contributed by atoms with Gasteiger partial charge in [-0.05, 0) is 24.3 Å². The number of halogens is 1. The summed E-state index contributed by atoms with van der Waals surface area (Å²) in [6.07, 6.45) is 0. The summed E-state index contributed by atoms with van der Waals surface area (Å²) >= 11 is 0. The van der Waals surface area contributed by atoms with E-state index < -0.39 is 11.7 Å². The molecule has 0 saturated carbocycles. The Labute approximate surface area is 130 Å². The fraction of sp³-hybridized carbons (Fsp3) is 0.0588. The van der Waals surface area contributed by atoms with Gasteiger partial charge in [-0.2, -0.15) is 0 Å². The molecule has 2 heterocycles. The molecule has 5 nitrogen and oxygen atoms in total. The average molecular weight is 309 g/mol. The van der Waals surface area contributed by atoms with Crippen LogP contribution in [0.15, 0.2) is 54.3 Å². The number of fused-ring (bicyclic) bond motifs is 3. The summed E-state index contributed by atoms with van der Waals surface area (Å²) < 4.78 is 15.4. The van der Waals surface area contributed by atoms with Gasteiger partial charge < -0.3 is 15.0 Å². The van der Waals surface area contributed by atoms with Gasteiger partial charge in [0.2, 0.25) is 0 Å². The third kappa shape index (κ3) is 2.07. The van der Waals surface area contributed by atoms with Crippen LogP contribution in [0.25, 0.3) is 16.6 Å². The van der Waals surface area contributed by atoms with Crippen molar-refractivity contribution in [2.24, 2.45) is 0 Å². The molecule has 0 spiro atoms. The van der Waals surface area contributed by atoms with Crippen molar-refractivity contribution in [3.63, 3.8) is 0 Å². The fourth-order valence-corrected chi connectivity index (χ4v) is 2.76. The smallest absolute Gasteiger partial charge is 0.263 e. The molecular formula is C17H12FN3O2. The highest BCUT2D eigenvalue weighted by atomic mass is 19.1. The van der Waals surface area contributed by atoms with Crippen LogP contribution in [0.1, 0.15) is 5.82 Å². The maximum absolute atomic E-state index is 13.7. The first-order valence-corrected chi connectivity index (χ1v) is 7.09. The quantitative estimate of drug-likeness (QED) is 0.764. The number of nitrogens with one attached hydrogen (secondary N) is 1. The van der Waals surface area contributed by atoms with Crippen LogP contribution in [-0.2, 0) is 11.3 Å². The highest BCUT2D eigenvalue weighted by Gasteiger charge is 2.30. The molecule has 0 bridgehead atoms. The Kier molecular flexibility index (Phi) is 2.90. The molecule has 114 valence electrons. The monoisotopic (exact) mass is 309 g/mol. The lowest BCUT2D eigenvalue weighted by atomic mass is 10.2. The lowest BCUT2D eigenvalue weighted by molar-refractivity contribution is -0.111. The Morgan fingerprint density at radius 1 is 1.17 bits per heavy atom. The number of hydrogen-bond acceptors (Lipinski definition) is 3. The van der Waals surface area contributed by atoms with Crippen molar-refractivity contribution in [2.45, 2.75) is 6.54 Å². The lowest BCUT2D eigenvalue weighted by Gasteiger charge is -2.06. The number of carbonyl (C=O) groups excluding carboxylic acids is 1. The minimum absolute atomic E-state index is 0.0624. The van der Waals surface area contributed by atoms with Gasteiger partial charge in [-0.3, -0.25) is 4.79 Å². The molecule has 0 atom stereocenters. The van der Waals surface area contributed by atoms with Crippen LogP contribution in [-0.4, -0.2) is 20.6 Å². The van der Waals surface area contributed by atoms with Gasteiger partial charge in [-0.15, -0.1) is 0 Å². The number of anilines is 1. The van der Waals surface area contributed by atoms with E-state index in [4.69, 9.17) is 0 Å². The second kappa shape index (κ2) is 4.95. The first-order chi connectivity index (χ1) is 11.1. The fourth-order valence-electron chi connectivity index (χ4n) is 2.76. The molecule has 1 aromatic heterocycles. The number of aliphatic hydroxyl groups excluding tert-OH is 1. The van der Waals surface area contributed by atoms with Crippen molar-refractivity contribution in [2.75, 3.05) is 5.32 Å². The van der Waals surface area contributed by atoms with E-state index in [1.165, 1.54) is 18.2 Å². The van der Waals surface area contributed by atoms with E-state index in [1.807, 2.05) is 24.3 Å². The zero-order valence-electron chi connectivity index (χ0n) is 12.0. The van der Waals surface area contributed by atoms with Crippen LogP contribution >= 0.6 is 0 Å². The molecular weight excluding hydrogens is 297 g/mol. The molecule has 4 rings (SSSR count). The van der Waals surface area contributed by atoms with Crippen LogP contribution in [0.2, 0.25) is 0 Å². The second-order valence-corrected chi connectivity index (χ2v) is 5.27. The first kappa shape index (κ1) is 13.5. The summed E-state index contributed by atoms with van der Waals surface area (Å²) in [6.45, 7) is 0.176. The molecule has 1 aliphatic heterocycles. The van der Waals surface area contributed by atoms with Gasteiger partial charge in [0, 0.05) is 0 Å². The predicted octanol–water partition coefficient (Wildman–Crippen LogP) is 3.10. The zero-order chi connectivity index (χ0) is 16.0. The summed E-state index contributed by atoms with van der Waals surface area (Å²) in [6, 6.07) is 13.3. The molecule has 0 aliphatic carbocycles. The number of para-hydroxylation sites is 3. The van der Waals surface area contributed by atoms with Crippen LogP contribution < -0.4 is 5.32 Å². The van der Waals surface area contributed by atoms with Crippen molar-refractivity contribution in [3.8, 4) is 0 Å². The summed E-state index contributed by atoms with van der Waals surface area (Å²) in [7, 11) is 0. The Balaban J connectivity index is 1.74. The number of amides is 1. The molecule has 2 N–H and O–H groups in total. The van der Waals surface area contributed by atoms with E-state index in [-0.39, 0.29) is 23.6 Å². The molecule has 1 aliphatic rings. The average Bonchev–Trinajstić information content (AvgIpc) is 3.04. The number of aliphatic hydroxyl groups is 1. The standard InChI is InChI=1S/C17H12FN3O2/c18-10-5-1-2-6-11(10)20-17(23)15-14(22)9-21-13-8-4-3-7-12(13)19-16(15)21/h1-8,22H,9H2,(H,20,23). The minimum atomic E-state index is -0.582. The number of benzene rings is 2. The molecule has 23 heavy (non-hydrogen) atoms. The topological polar surface area (TPSA) is 67.2 Å². The van der Waals surface area contributed by atoms with E-state index in [0.29, 0.717) is 5.82 Å². The number of hydrogen-bond donors (Lipinski definition) is 2. The van der Waals surface area contributed by atoms with E-state index >= 15 is 0 Å². The first-order valence-electron chi connectivity index (χ1n) is 7.09. The van der Waals surface area contributed by atoms with Gasteiger partial charge in [0.1, 0.15) is 17.1 Å². The minimum Gasteiger partial charge on any atom is -0.509 e. The Hall–Kier alpha value is -3.15. The molecule has 0 saturated heterocycles. The van der Waals surface area contributed by atoms with Crippen molar-refractivity contribution >= 4 is 28.2 Å². The van der Waals surface area contributed by atoms with E-state index in [1.54, 1.807) is 10.6 Å². The Morgan fingerprint density at radius 2 is 1.91 bits per heavy atom. The molecule has 0 fully saturated rings. The highest BCUT2D eigenvalue weighted by Crippen LogP contribution is 2.31. The normalized spacial score (nSPS) is 13.4. The van der Waals surface area contributed by atoms with Gasteiger partial charge in [0.15, 0.2) is 5.82 Å². The third-order valence-electron chi connectivity index (χ3n) is 3.82. The summed E-state index contributed by atoms with van der Waals surface area (Å²) in [4.78, 5) is 16.9. The van der Waals surface area contributed by atoms with Gasteiger partial charge in [-0.1, -0.05) is 24.3 Å². The van der Waals surface area contributed by atoms with Crippen molar-refractivity contribution in [1.29, 1.82) is 0 Å². The van der Waals surface area contributed by atoms with Gasteiger partial charge >= 0.3 is 0 Å². The number of rotatable bonds is 2. The SMILES string of the molecule is O=C(Nc1ccccc1F)C1=C(O)Cn2c1nc1ccccc12. The van der Waals surface area contributed by atoms with Crippen molar-refractivity contribution < 1.29 is 14.3 Å². The predicted molar refractivity (Wildman–Crippen MR) is 84.3 cm³/mol. The number of imidazole rings is 1.